The number of nitrogens with one attached hydrogen (secondary N) is 1. The molecule has 130 valence electrons. The van der Waals surface area contributed by atoms with Crippen LogP contribution in [0.2, 0.25) is 0 Å². The molecular weight excluding hydrogens is 330 g/mol. The lowest BCUT2D eigenvalue weighted by atomic mass is 10.1. The summed E-state index contributed by atoms with van der Waals surface area (Å²) in [5.41, 5.74) is 0.597. The van der Waals surface area contributed by atoms with Gasteiger partial charge in [0.15, 0.2) is 11.6 Å². The van der Waals surface area contributed by atoms with Crippen LogP contribution in [0.1, 0.15) is 16.2 Å². The van der Waals surface area contributed by atoms with E-state index in [1.807, 2.05) is 0 Å². The minimum atomic E-state index is -0.968. The first-order chi connectivity index (χ1) is 12.1. The van der Waals surface area contributed by atoms with Gasteiger partial charge in [0.05, 0.1) is 36.9 Å². The van der Waals surface area contributed by atoms with Crippen LogP contribution < -0.4 is 4.74 Å². The number of ether oxygens (including phenoxy) is 3. The number of nitrogens with zero attached hydrogens (tertiary/aromatic N) is 4. The number of hydrogen-bond acceptors (Lipinski definition) is 8. The standard InChI is InChI=1S/C15H15N5O5/c1-23-6-10-18-7-20(19-10)14-12-11(9(24-2)5-17-14)8(4-16-12)13(21)15(22)25-3/h4-5,7,16H,6H2,1-3H3. The fourth-order valence-electron chi connectivity index (χ4n) is 2.41. The topological polar surface area (TPSA) is 121 Å². The molecule has 10 heteroatoms. The van der Waals surface area contributed by atoms with Crippen molar-refractivity contribution < 1.29 is 23.8 Å². The molecule has 0 aliphatic rings. The van der Waals surface area contributed by atoms with Crippen molar-refractivity contribution >= 4 is 22.7 Å². The first-order valence-corrected chi connectivity index (χ1v) is 7.17. The molecule has 0 aromatic carbocycles. The summed E-state index contributed by atoms with van der Waals surface area (Å²) in [5, 5.41) is 4.67. The van der Waals surface area contributed by atoms with Gasteiger partial charge >= 0.3 is 5.97 Å². The van der Waals surface area contributed by atoms with E-state index in [1.54, 1.807) is 7.11 Å². The Morgan fingerprint density at radius 3 is 2.72 bits per heavy atom. The van der Waals surface area contributed by atoms with E-state index in [0.717, 1.165) is 7.11 Å². The molecule has 0 fully saturated rings. The van der Waals surface area contributed by atoms with Crippen molar-refractivity contribution in [2.75, 3.05) is 21.3 Å². The molecule has 25 heavy (non-hydrogen) atoms. The van der Waals surface area contributed by atoms with Gasteiger partial charge in [-0.3, -0.25) is 4.79 Å². The van der Waals surface area contributed by atoms with Crippen molar-refractivity contribution in [3.63, 3.8) is 0 Å². The van der Waals surface area contributed by atoms with E-state index in [1.165, 1.54) is 30.5 Å². The molecule has 0 bridgehead atoms. The summed E-state index contributed by atoms with van der Waals surface area (Å²) in [4.78, 5) is 35.2. The molecule has 0 aliphatic heterocycles. The van der Waals surface area contributed by atoms with Gasteiger partial charge in [-0.1, -0.05) is 0 Å². The predicted molar refractivity (Wildman–Crippen MR) is 84.6 cm³/mol. The van der Waals surface area contributed by atoms with Gasteiger partial charge in [0, 0.05) is 13.3 Å². The van der Waals surface area contributed by atoms with Crippen LogP contribution in [0.15, 0.2) is 18.7 Å². The Balaban J connectivity index is 2.17. The zero-order valence-electron chi connectivity index (χ0n) is 13.8. The third-order valence-electron chi connectivity index (χ3n) is 3.52. The molecule has 0 radical (unpaired) electrons. The third-order valence-corrected chi connectivity index (χ3v) is 3.52. The molecule has 3 aromatic rings. The molecule has 1 N–H and O–H groups in total. The number of H-pyrrole nitrogens is 1. The SMILES string of the molecule is COCc1ncn(-c2ncc(OC)c3c(C(=O)C(=O)OC)c[nH]c23)n1. The van der Waals surface area contributed by atoms with E-state index in [0.29, 0.717) is 28.3 Å². The zero-order valence-corrected chi connectivity index (χ0v) is 13.8. The van der Waals surface area contributed by atoms with Crippen LogP contribution in [0.25, 0.3) is 16.7 Å². The molecule has 0 aliphatic carbocycles. The minimum absolute atomic E-state index is 0.125. The Morgan fingerprint density at radius 1 is 1.24 bits per heavy atom. The van der Waals surface area contributed by atoms with Crippen LogP contribution in [0.5, 0.6) is 5.75 Å². The molecule has 0 spiro atoms. The number of hydrogen-bond donors (Lipinski definition) is 1. The van der Waals surface area contributed by atoms with E-state index in [2.05, 4.69) is 24.8 Å². The highest BCUT2D eigenvalue weighted by Gasteiger charge is 2.25. The van der Waals surface area contributed by atoms with Gasteiger partial charge in [0.1, 0.15) is 18.7 Å². The highest BCUT2D eigenvalue weighted by molar-refractivity contribution is 6.43. The second kappa shape index (κ2) is 6.69. The molecule has 3 heterocycles. The van der Waals surface area contributed by atoms with Crippen LogP contribution in [0.3, 0.4) is 0 Å². The third kappa shape index (κ3) is 2.83. The van der Waals surface area contributed by atoms with E-state index >= 15 is 0 Å². The number of Topliss-reactive ketones (excluding diaryl/α,β-unsaturated/α-hetero) is 1. The minimum Gasteiger partial charge on any atom is -0.494 e. The quantitative estimate of drug-likeness (QED) is 0.393. The van der Waals surface area contributed by atoms with E-state index in [-0.39, 0.29) is 12.2 Å². The average molecular weight is 345 g/mol. The summed E-state index contributed by atoms with van der Waals surface area (Å²) in [6.07, 6.45) is 4.33. The summed E-state index contributed by atoms with van der Waals surface area (Å²) in [6, 6.07) is 0. The van der Waals surface area contributed by atoms with E-state index < -0.39 is 11.8 Å². The van der Waals surface area contributed by atoms with Gasteiger partial charge in [-0.05, 0) is 0 Å². The number of methoxy groups -OCH3 is 3. The van der Waals surface area contributed by atoms with Gasteiger partial charge in [-0.25, -0.2) is 19.4 Å². The summed E-state index contributed by atoms with van der Waals surface area (Å²) >= 11 is 0. The van der Waals surface area contributed by atoms with E-state index in [9.17, 15) is 9.59 Å². The number of aromatic nitrogens is 5. The zero-order chi connectivity index (χ0) is 18.0. The summed E-state index contributed by atoms with van der Waals surface area (Å²) < 4.78 is 16.2. The lowest BCUT2D eigenvalue weighted by Crippen LogP contribution is -2.15. The molecule has 3 rings (SSSR count). The lowest BCUT2D eigenvalue weighted by molar-refractivity contribution is -0.135. The van der Waals surface area contributed by atoms with Crippen molar-refractivity contribution in [1.82, 2.24) is 24.7 Å². The Kier molecular flexibility index (Phi) is 4.44. The molecule has 0 amide bonds. The number of esters is 1. The molecular formula is C15H15N5O5. The number of pyridine rings is 1. The maximum atomic E-state index is 12.2. The highest BCUT2D eigenvalue weighted by Crippen LogP contribution is 2.31. The maximum absolute atomic E-state index is 12.2. The van der Waals surface area contributed by atoms with Gasteiger partial charge in [-0.2, -0.15) is 0 Å². The highest BCUT2D eigenvalue weighted by atomic mass is 16.5. The fourth-order valence-corrected chi connectivity index (χ4v) is 2.41. The summed E-state index contributed by atoms with van der Waals surface area (Å²) in [6.45, 7) is 0.253. The van der Waals surface area contributed by atoms with Crippen LogP contribution in [0.4, 0.5) is 0 Å². The van der Waals surface area contributed by atoms with Gasteiger partial charge in [0.2, 0.25) is 0 Å². The molecule has 3 aromatic heterocycles. The molecule has 0 saturated heterocycles. The van der Waals surface area contributed by atoms with Crippen molar-refractivity contribution in [1.29, 1.82) is 0 Å². The maximum Gasteiger partial charge on any atom is 0.379 e. The number of aromatic amines is 1. The van der Waals surface area contributed by atoms with Crippen LogP contribution in [-0.4, -0.2) is 57.8 Å². The Morgan fingerprint density at radius 2 is 2.04 bits per heavy atom. The normalized spacial score (nSPS) is 10.8. The Labute approximate surface area is 141 Å². The molecule has 10 nitrogen and oxygen atoms in total. The van der Waals surface area contributed by atoms with Crippen LogP contribution >= 0.6 is 0 Å². The average Bonchev–Trinajstić information content (AvgIpc) is 3.27. The van der Waals surface area contributed by atoms with Crippen molar-refractivity contribution in [2.45, 2.75) is 6.61 Å². The van der Waals surface area contributed by atoms with Crippen LogP contribution in [-0.2, 0) is 20.9 Å². The number of ketones is 1. The smallest absolute Gasteiger partial charge is 0.379 e. The Bertz CT molecular complexity index is 945. The molecule has 0 atom stereocenters. The largest absolute Gasteiger partial charge is 0.494 e. The second-order valence-electron chi connectivity index (χ2n) is 4.96. The van der Waals surface area contributed by atoms with Crippen molar-refractivity contribution in [3.05, 3.63) is 30.1 Å². The van der Waals surface area contributed by atoms with Crippen LogP contribution in [0, 0.1) is 0 Å². The first-order valence-electron chi connectivity index (χ1n) is 7.17. The van der Waals surface area contributed by atoms with Crippen molar-refractivity contribution in [2.24, 2.45) is 0 Å². The first kappa shape index (κ1) is 16.6. The predicted octanol–water partition coefficient (Wildman–Crippen LogP) is 0.654. The second-order valence-corrected chi connectivity index (χ2v) is 4.96. The van der Waals surface area contributed by atoms with Gasteiger partial charge in [0.25, 0.3) is 5.78 Å². The van der Waals surface area contributed by atoms with Crippen molar-refractivity contribution in [3.8, 4) is 11.6 Å². The monoisotopic (exact) mass is 345 g/mol. The number of carbonyl (C=O) groups excluding carboxylic acids is 2. The number of rotatable bonds is 6. The number of fused-ring (bicyclic) bond motifs is 1. The van der Waals surface area contributed by atoms with Gasteiger partial charge < -0.3 is 19.2 Å². The number of carbonyl (C=O) groups is 2. The summed E-state index contributed by atoms with van der Waals surface area (Å²) in [5.74, 6) is -0.544. The van der Waals surface area contributed by atoms with E-state index in [4.69, 9.17) is 9.47 Å². The summed E-state index contributed by atoms with van der Waals surface area (Å²) in [7, 11) is 4.13. The lowest BCUT2D eigenvalue weighted by Gasteiger charge is -2.07. The fraction of sp³-hybridized carbons (Fsp3) is 0.267. The molecule has 0 unspecified atom stereocenters. The molecule has 0 saturated carbocycles. The Hall–Kier alpha value is -3.27. The van der Waals surface area contributed by atoms with Gasteiger partial charge in [-0.15, -0.1) is 5.10 Å².